The van der Waals surface area contributed by atoms with Gasteiger partial charge in [0.2, 0.25) is 0 Å². The Bertz CT molecular complexity index is 568. The highest BCUT2D eigenvalue weighted by Gasteiger charge is 2.14. The lowest BCUT2D eigenvalue weighted by atomic mass is 10.2. The highest BCUT2D eigenvalue weighted by molar-refractivity contribution is 7.11. The van der Waals surface area contributed by atoms with Crippen molar-refractivity contribution in [2.75, 3.05) is 39.4 Å². The SMILES string of the molecule is Cc1ccsc1/C=C(\C#N)C(=O)NCCC[NH+]1CCOCC1. The summed E-state index contributed by atoms with van der Waals surface area (Å²) in [5.74, 6) is -0.285. The zero-order valence-corrected chi connectivity index (χ0v) is 13.7. The second-order valence-corrected chi connectivity index (χ2v) is 6.31. The highest BCUT2D eigenvalue weighted by Crippen LogP contribution is 2.18. The van der Waals surface area contributed by atoms with Crippen molar-refractivity contribution in [2.45, 2.75) is 13.3 Å². The molecule has 1 aliphatic heterocycles. The van der Waals surface area contributed by atoms with Crippen LogP contribution < -0.4 is 10.2 Å². The topological polar surface area (TPSA) is 66.6 Å². The predicted molar refractivity (Wildman–Crippen MR) is 86.7 cm³/mol. The summed E-state index contributed by atoms with van der Waals surface area (Å²) < 4.78 is 5.32. The minimum absolute atomic E-state index is 0.171. The first-order valence-corrected chi connectivity index (χ1v) is 8.44. The number of rotatable bonds is 6. The molecule has 0 saturated carbocycles. The summed E-state index contributed by atoms with van der Waals surface area (Å²) in [6.07, 6.45) is 2.58. The standard InChI is InChI=1S/C16H21N3O2S/c1-13-3-10-22-15(13)11-14(12-17)16(20)18-4-2-5-19-6-8-21-9-7-19/h3,10-11H,2,4-9H2,1H3,(H,18,20)/p+1/b14-11+. The second kappa shape index (κ2) is 8.69. The molecule has 22 heavy (non-hydrogen) atoms. The van der Waals surface area contributed by atoms with Crippen LogP contribution in [0.5, 0.6) is 0 Å². The number of carbonyl (C=O) groups excluding carboxylic acids is 1. The van der Waals surface area contributed by atoms with Crippen LogP contribution in [0.4, 0.5) is 0 Å². The van der Waals surface area contributed by atoms with Crippen LogP contribution >= 0.6 is 11.3 Å². The van der Waals surface area contributed by atoms with Crippen LogP contribution in [0.1, 0.15) is 16.9 Å². The third-order valence-electron chi connectivity index (χ3n) is 3.73. The fraction of sp³-hybridized carbons (Fsp3) is 0.500. The van der Waals surface area contributed by atoms with Gasteiger partial charge in [0.15, 0.2) is 0 Å². The number of quaternary nitrogens is 1. The van der Waals surface area contributed by atoms with Gasteiger partial charge in [0.05, 0.1) is 19.8 Å². The molecule has 118 valence electrons. The van der Waals surface area contributed by atoms with Crippen LogP contribution in [0.15, 0.2) is 17.0 Å². The van der Waals surface area contributed by atoms with Crippen LogP contribution in [0.3, 0.4) is 0 Å². The zero-order chi connectivity index (χ0) is 15.8. The van der Waals surface area contributed by atoms with Gasteiger partial charge in [-0.3, -0.25) is 4.79 Å². The number of nitrogens with one attached hydrogen (secondary N) is 2. The number of amides is 1. The molecule has 1 fully saturated rings. The minimum Gasteiger partial charge on any atom is -0.370 e. The Balaban J connectivity index is 1.77. The monoisotopic (exact) mass is 320 g/mol. The van der Waals surface area contributed by atoms with E-state index in [1.807, 2.05) is 24.4 Å². The number of nitriles is 1. The smallest absolute Gasteiger partial charge is 0.261 e. The molecule has 6 heteroatoms. The van der Waals surface area contributed by atoms with Crippen LogP contribution in [0, 0.1) is 18.3 Å². The molecule has 1 aromatic rings. The van der Waals surface area contributed by atoms with Crippen molar-refractivity contribution in [3.05, 3.63) is 27.5 Å². The van der Waals surface area contributed by atoms with Crippen molar-refractivity contribution in [3.63, 3.8) is 0 Å². The molecule has 0 aliphatic carbocycles. The van der Waals surface area contributed by atoms with Gasteiger partial charge < -0.3 is 15.0 Å². The summed E-state index contributed by atoms with van der Waals surface area (Å²) in [7, 11) is 0. The molecule has 0 radical (unpaired) electrons. The average molecular weight is 320 g/mol. The van der Waals surface area contributed by atoms with Crippen molar-refractivity contribution >= 4 is 23.3 Å². The Morgan fingerprint density at radius 3 is 2.95 bits per heavy atom. The normalized spacial score (nSPS) is 16.3. The second-order valence-electron chi connectivity index (χ2n) is 5.36. The third kappa shape index (κ3) is 4.95. The van der Waals surface area contributed by atoms with Crippen LogP contribution in [-0.2, 0) is 9.53 Å². The Hall–Kier alpha value is -1.68. The van der Waals surface area contributed by atoms with Crippen molar-refractivity contribution in [1.82, 2.24) is 5.32 Å². The average Bonchev–Trinajstić information content (AvgIpc) is 2.95. The predicted octanol–water partition coefficient (Wildman–Crippen LogP) is 0.385. The Morgan fingerprint density at radius 2 is 2.32 bits per heavy atom. The summed E-state index contributed by atoms with van der Waals surface area (Å²) in [4.78, 5) is 14.5. The maximum absolute atomic E-state index is 12.0. The minimum atomic E-state index is -0.285. The number of nitrogens with zero attached hydrogens (tertiary/aromatic N) is 1. The maximum Gasteiger partial charge on any atom is 0.261 e. The number of hydrogen-bond donors (Lipinski definition) is 2. The van der Waals surface area contributed by atoms with E-state index < -0.39 is 0 Å². The Morgan fingerprint density at radius 1 is 1.55 bits per heavy atom. The van der Waals surface area contributed by atoms with Gasteiger partial charge in [-0.25, -0.2) is 0 Å². The molecule has 0 spiro atoms. The molecule has 1 saturated heterocycles. The summed E-state index contributed by atoms with van der Waals surface area (Å²) in [5, 5.41) is 13.9. The third-order valence-corrected chi connectivity index (χ3v) is 4.70. The van der Waals surface area contributed by atoms with Gasteiger partial charge in [-0.1, -0.05) is 0 Å². The van der Waals surface area contributed by atoms with Gasteiger partial charge in [0.25, 0.3) is 5.91 Å². The van der Waals surface area contributed by atoms with Crippen LogP contribution in [0.2, 0.25) is 0 Å². The molecule has 5 nitrogen and oxygen atoms in total. The number of aryl methyl sites for hydroxylation is 1. The summed E-state index contributed by atoms with van der Waals surface area (Å²) >= 11 is 1.54. The van der Waals surface area contributed by atoms with Crippen molar-refractivity contribution < 1.29 is 14.4 Å². The Labute approximate surface area is 135 Å². The number of thiophene rings is 1. The first kappa shape index (κ1) is 16.7. The van der Waals surface area contributed by atoms with E-state index >= 15 is 0 Å². The molecule has 1 aliphatic rings. The lowest BCUT2D eigenvalue weighted by molar-refractivity contribution is -0.908. The number of morpholine rings is 1. The molecule has 0 aromatic carbocycles. The van der Waals surface area contributed by atoms with Gasteiger partial charge >= 0.3 is 0 Å². The zero-order valence-electron chi connectivity index (χ0n) is 12.9. The summed E-state index contributed by atoms with van der Waals surface area (Å²) in [5.41, 5.74) is 1.26. The first-order chi connectivity index (χ1) is 10.7. The Kier molecular flexibility index (Phi) is 6.59. The van der Waals surface area contributed by atoms with E-state index in [2.05, 4.69) is 5.32 Å². The van der Waals surface area contributed by atoms with Gasteiger partial charge in [-0.15, -0.1) is 11.3 Å². The molecular formula is C16H22N3O2S+. The van der Waals surface area contributed by atoms with E-state index in [4.69, 9.17) is 10.00 Å². The molecular weight excluding hydrogens is 298 g/mol. The molecule has 2 N–H and O–H groups in total. The van der Waals surface area contributed by atoms with Gasteiger partial charge in [-0.05, 0) is 30.0 Å². The molecule has 2 rings (SSSR count). The number of ether oxygens (including phenoxy) is 1. The molecule has 0 bridgehead atoms. The molecule has 2 heterocycles. The number of hydrogen-bond acceptors (Lipinski definition) is 4. The summed E-state index contributed by atoms with van der Waals surface area (Å²) in [6.45, 7) is 7.32. The van der Waals surface area contributed by atoms with E-state index in [1.54, 1.807) is 6.08 Å². The molecule has 1 amide bonds. The van der Waals surface area contributed by atoms with E-state index in [9.17, 15) is 4.79 Å². The summed E-state index contributed by atoms with van der Waals surface area (Å²) in [6, 6.07) is 3.97. The van der Waals surface area contributed by atoms with Gasteiger partial charge in [-0.2, -0.15) is 5.26 Å². The van der Waals surface area contributed by atoms with Crippen LogP contribution in [0.25, 0.3) is 6.08 Å². The van der Waals surface area contributed by atoms with E-state index in [0.29, 0.717) is 6.54 Å². The van der Waals surface area contributed by atoms with Gasteiger partial charge in [0, 0.05) is 17.8 Å². The fourth-order valence-electron chi connectivity index (χ4n) is 2.36. The number of carbonyl (C=O) groups is 1. The van der Waals surface area contributed by atoms with E-state index in [0.717, 1.165) is 49.7 Å². The van der Waals surface area contributed by atoms with E-state index in [1.165, 1.54) is 16.2 Å². The maximum atomic E-state index is 12.0. The van der Waals surface area contributed by atoms with Crippen LogP contribution in [-0.4, -0.2) is 45.3 Å². The molecule has 1 aromatic heterocycles. The lowest BCUT2D eigenvalue weighted by Crippen LogP contribution is -3.14. The van der Waals surface area contributed by atoms with Crippen molar-refractivity contribution in [2.24, 2.45) is 0 Å². The lowest BCUT2D eigenvalue weighted by Gasteiger charge is -2.23. The fourth-order valence-corrected chi connectivity index (χ4v) is 3.22. The van der Waals surface area contributed by atoms with Crippen molar-refractivity contribution in [3.8, 4) is 6.07 Å². The van der Waals surface area contributed by atoms with Gasteiger partial charge in [0.1, 0.15) is 24.7 Å². The van der Waals surface area contributed by atoms with Crippen molar-refractivity contribution in [1.29, 1.82) is 5.26 Å². The molecule has 0 unspecified atom stereocenters. The molecule has 0 atom stereocenters. The highest BCUT2D eigenvalue weighted by atomic mass is 32.1. The first-order valence-electron chi connectivity index (χ1n) is 7.56. The van der Waals surface area contributed by atoms with E-state index in [-0.39, 0.29) is 11.5 Å². The quantitative estimate of drug-likeness (QED) is 0.452. The largest absolute Gasteiger partial charge is 0.370 e.